The molecule has 1 aromatic heterocycles. The van der Waals surface area contributed by atoms with E-state index in [0.29, 0.717) is 18.1 Å². The molecule has 0 atom stereocenters. The Morgan fingerprint density at radius 2 is 2.18 bits per heavy atom. The molecule has 88 valence electrons. The van der Waals surface area contributed by atoms with Gasteiger partial charge in [-0.25, -0.2) is 9.37 Å². The van der Waals surface area contributed by atoms with Crippen LogP contribution in [0.15, 0.2) is 42.6 Å². The van der Waals surface area contributed by atoms with Crippen LogP contribution in [0.2, 0.25) is 0 Å². The van der Waals surface area contributed by atoms with E-state index in [2.05, 4.69) is 10.3 Å². The molecule has 0 amide bonds. The molecule has 0 radical (unpaired) electrons. The van der Waals surface area contributed by atoms with Crippen LogP contribution in [0, 0.1) is 5.82 Å². The molecule has 0 aliphatic carbocycles. The third-order valence-electron chi connectivity index (χ3n) is 2.34. The van der Waals surface area contributed by atoms with Gasteiger partial charge < -0.3 is 10.1 Å². The van der Waals surface area contributed by atoms with Crippen molar-refractivity contribution in [1.29, 1.82) is 0 Å². The normalized spacial score (nSPS) is 10.0. The minimum atomic E-state index is -0.239. The molecule has 2 aromatic rings. The summed E-state index contributed by atoms with van der Waals surface area (Å²) in [6, 6.07) is 10.1. The van der Waals surface area contributed by atoms with Crippen molar-refractivity contribution in [1.82, 2.24) is 4.98 Å². The predicted molar refractivity (Wildman–Crippen MR) is 64.5 cm³/mol. The summed E-state index contributed by atoms with van der Waals surface area (Å²) in [6.45, 7) is 0.505. The summed E-state index contributed by atoms with van der Waals surface area (Å²) in [4.78, 5) is 4.16. The first-order valence-corrected chi connectivity index (χ1v) is 5.27. The highest BCUT2D eigenvalue weighted by Gasteiger charge is 2.02. The number of nitrogens with zero attached hydrogens (tertiary/aromatic N) is 1. The molecule has 0 saturated carbocycles. The molecule has 0 spiro atoms. The van der Waals surface area contributed by atoms with Gasteiger partial charge in [-0.05, 0) is 29.8 Å². The maximum absolute atomic E-state index is 13.0. The monoisotopic (exact) mass is 232 g/mol. The SMILES string of the molecule is COc1cccnc1NCc1cccc(F)c1. The number of halogens is 1. The molecule has 1 aromatic carbocycles. The van der Waals surface area contributed by atoms with Crippen LogP contribution in [-0.2, 0) is 6.54 Å². The van der Waals surface area contributed by atoms with Gasteiger partial charge in [0.25, 0.3) is 0 Å². The van der Waals surface area contributed by atoms with E-state index < -0.39 is 0 Å². The molecule has 0 aliphatic heterocycles. The van der Waals surface area contributed by atoms with E-state index in [1.54, 1.807) is 25.4 Å². The van der Waals surface area contributed by atoms with E-state index in [1.165, 1.54) is 12.1 Å². The summed E-state index contributed by atoms with van der Waals surface area (Å²) >= 11 is 0. The Morgan fingerprint density at radius 1 is 1.29 bits per heavy atom. The standard InChI is InChI=1S/C13H13FN2O/c1-17-12-6-3-7-15-13(12)16-9-10-4-2-5-11(14)8-10/h2-8H,9H2,1H3,(H,15,16). The van der Waals surface area contributed by atoms with Gasteiger partial charge in [0.05, 0.1) is 7.11 Å². The number of benzene rings is 1. The zero-order chi connectivity index (χ0) is 12.1. The van der Waals surface area contributed by atoms with Crippen molar-refractivity contribution in [2.45, 2.75) is 6.54 Å². The second kappa shape index (κ2) is 5.30. The zero-order valence-electron chi connectivity index (χ0n) is 9.48. The molecular formula is C13H13FN2O. The molecule has 0 saturated heterocycles. The van der Waals surface area contributed by atoms with E-state index in [1.807, 2.05) is 12.1 Å². The van der Waals surface area contributed by atoms with Crippen LogP contribution < -0.4 is 10.1 Å². The van der Waals surface area contributed by atoms with E-state index in [-0.39, 0.29) is 5.82 Å². The Balaban J connectivity index is 2.07. The third-order valence-corrected chi connectivity index (χ3v) is 2.34. The van der Waals surface area contributed by atoms with Crippen molar-refractivity contribution in [3.8, 4) is 5.75 Å². The highest BCUT2D eigenvalue weighted by atomic mass is 19.1. The number of anilines is 1. The van der Waals surface area contributed by atoms with Crippen molar-refractivity contribution >= 4 is 5.82 Å². The number of hydrogen-bond donors (Lipinski definition) is 1. The molecule has 0 bridgehead atoms. The summed E-state index contributed by atoms with van der Waals surface area (Å²) in [5.74, 6) is 1.08. The van der Waals surface area contributed by atoms with Gasteiger partial charge >= 0.3 is 0 Å². The van der Waals surface area contributed by atoms with Crippen LogP contribution in [-0.4, -0.2) is 12.1 Å². The van der Waals surface area contributed by atoms with Gasteiger partial charge in [-0.3, -0.25) is 0 Å². The average Bonchev–Trinajstić information content (AvgIpc) is 2.37. The number of hydrogen-bond acceptors (Lipinski definition) is 3. The Hall–Kier alpha value is -2.10. The molecule has 0 fully saturated rings. The summed E-state index contributed by atoms with van der Waals surface area (Å²) in [7, 11) is 1.59. The number of pyridine rings is 1. The molecule has 17 heavy (non-hydrogen) atoms. The zero-order valence-corrected chi connectivity index (χ0v) is 9.48. The lowest BCUT2D eigenvalue weighted by Crippen LogP contribution is -2.03. The Labute approximate surface area is 99.3 Å². The number of nitrogens with one attached hydrogen (secondary N) is 1. The van der Waals surface area contributed by atoms with Crippen molar-refractivity contribution < 1.29 is 9.13 Å². The third kappa shape index (κ3) is 2.93. The Kier molecular flexibility index (Phi) is 3.55. The fourth-order valence-corrected chi connectivity index (χ4v) is 1.52. The quantitative estimate of drug-likeness (QED) is 0.880. The van der Waals surface area contributed by atoms with Crippen molar-refractivity contribution in [2.75, 3.05) is 12.4 Å². The first kappa shape index (κ1) is 11.4. The van der Waals surface area contributed by atoms with Gasteiger partial charge in [-0.2, -0.15) is 0 Å². The Morgan fingerprint density at radius 3 is 2.94 bits per heavy atom. The van der Waals surface area contributed by atoms with Gasteiger partial charge in [0, 0.05) is 12.7 Å². The molecule has 1 heterocycles. The van der Waals surface area contributed by atoms with Crippen LogP contribution in [0.5, 0.6) is 5.75 Å². The van der Waals surface area contributed by atoms with Crippen LogP contribution >= 0.6 is 0 Å². The number of ether oxygens (including phenoxy) is 1. The maximum atomic E-state index is 13.0. The van der Waals surface area contributed by atoms with E-state index in [9.17, 15) is 4.39 Å². The molecule has 2 rings (SSSR count). The lowest BCUT2D eigenvalue weighted by molar-refractivity contribution is 0.415. The number of rotatable bonds is 4. The van der Waals surface area contributed by atoms with Crippen molar-refractivity contribution in [3.63, 3.8) is 0 Å². The summed E-state index contributed by atoms with van der Waals surface area (Å²) < 4.78 is 18.1. The second-order valence-corrected chi connectivity index (χ2v) is 3.54. The minimum Gasteiger partial charge on any atom is -0.493 e. The highest BCUT2D eigenvalue weighted by molar-refractivity contribution is 5.49. The average molecular weight is 232 g/mol. The predicted octanol–water partition coefficient (Wildman–Crippen LogP) is 2.84. The van der Waals surface area contributed by atoms with Crippen molar-refractivity contribution in [3.05, 3.63) is 54.0 Å². The van der Waals surface area contributed by atoms with Gasteiger partial charge in [-0.1, -0.05) is 12.1 Å². The molecule has 4 heteroatoms. The topological polar surface area (TPSA) is 34.1 Å². The van der Waals surface area contributed by atoms with E-state index in [4.69, 9.17) is 4.74 Å². The summed E-state index contributed by atoms with van der Waals surface area (Å²) in [5, 5.41) is 3.10. The molecular weight excluding hydrogens is 219 g/mol. The van der Waals surface area contributed by atoms with Crippen LogP contribution in [0.1, 0.15) is 5.56 Å². The summed E-state index contributed by atoms with van der Waals surface area (Å²) in [6.07, 6.45) is 1.68. The maximum Gasteiger partial charge on any atom is 0.168 e. The van der Waals surface area contributed by atoms with E-state index in [0.717, 1.165) is 5.56 Å². The van der Waals surface area contributed by atoms with Crippen LogP contribution in [0.25, 0.3) is 0 Å². The number of methoxy groups -OCH3 is 1. The molecule has 0 unspecified atom stereocenters. The molecule has 1 N–H and O–H groups in total. The fraction of sp³-hybridized carbons (Fsp3) is 0.154. The lowest BCUT2D eigenvalue weighted by Gasteiger charge is -2.09. The van der Waals surface area contributed by atoms with Gasteiger partial charge in [0.1, 0.15) is 5.82 Å². The van der Waals surface area contributed by atoms with Crippen molar-refractivity contribution in [2.24, 2.45) is 0 Å². The highest BCUT2D eigenvalue weighted by Crippen LogP contribution is 2.20. The Bertz CT molecular complexity index is 502. The second-order valence-electron chi connectivity index (χ2n) is 3.54. The smallest absolute Gasteiger partial charge is 0.168 e. The molecule has 3 nitrogen and oxygen atoms in total. The lowest BCUT2D eigenvalue weighted by atomic mass is 10.2. The van der Waals surface area contributed by atoms with E-state index >= 15 is 0 Å². The number of aromatic nitrogens is 1. The van der Waals surface area contributed by atoms with Crippen LogP contribution in [0.3, 0.4) is 0 Å². The fourth-order valence-electron chi connectivity index (χ4n) is 1.52. The van der Waals surface area contributed by atoms with Gasteiger partial charge in [-0.15, -0.1) is 0 Å². The first-order chi connectivity index (χ1) is 8.29. The van der Waals surface area contributed by atoms with Gasteiger partial charge in [0.15, 0.2) is 11.6 Å². The molecule has 0 aliphatic rings. The van der Waals surface area contributed by atoms with Crippen LogP contribution in [0.4, 0.5) is 10.2 Å². The summed E-state index contributed by atoms with van der Waals surface area (Å²) in [5.41, 5.74) is 0.859. The largest absolute Gasteiger partial charge is 0.493 e. The van der Waals surface area contributed by atoms with Gasteiger partial charge in [0.2, 0.25) is 0 Å². The minimum absolute atomic E-state index is 0.239. The first-order valence-electron chi connectivity index (χ1n) is 5.27.